The highest BCUT2D eigenvalue weighted by Crippen LogP contribution is 2.30. The number of carboxylic acids is 1. The molecule has 1 heterocycles. The van der Waals surface area contributed by atoms with E-state index in [1.54, 1.807) is 11.3 Å². The van der Waals surface area contributed by atoms with Crippen LogP contribution >= 0.6 is 11.3 Å². The van der Waals surface area contributed by atoms with Gasteiger partial charge in [0.15, 0.2) is 0 Å². The molecule has 0 bridgehead atoms. The summed E-state index contributed by atoms with van der Waals surface area (Å²) in [6.07, 6.45) is 0.723. The minimum absolute atomic E-state index is 0.163. The molecule has 4 heteroatoms. The Balaban J connectivity index is 2.29. The lowest BCUT2D eigenvalue weighted by molar-refractivity contribution is -0.136. The van der Waals surface area contributed by atoms with Crippen LogP contribution in [0, 0.1) is 13.8 Å². The average Bonchev–Trinajstić information content (AvgIpc) is 2.68. The molecular formula is C14H15NO2S. The maximum Gasteiger partial charge on any atom is 0.303 e. The van der Waals surface area contributed by atoms with Crippen LogP contribution in [-0.4, -0.2) is 16.1 Å². The highest BCUT2D eigenvalue weighted by molar-refractivity contribution is 7.15. The maximum atomic E-state index is 10.6. The van der Waals surface area contributed by atoms with Crippen molar-refractivity contribution < 1.29 is 9.90 Å². The predicted octanol–water partition coefficient (Wildman–Crippen LogP) is 3.44. The fraction of sp³-hybridized carbons (Fsp3) is 0.286. The van der Waals surface area contributed by atoms with E-state index in [2.05, 4.69) is 24.0 Å². The quantitative estimate of drug-likeness (QED) is 0.917. The van der Waals surface area contributed by atoms with Gasteiger partial charge in [-0.2, -0.15) is 0 Å². The summed E-state index contributed by atoms with van der Waals surface area (Å²) in [6, 6.07) is 8.11. The van der Waals surface area contributed by atoms with Crippen molar-refractivity contribution in [1.29, 1.82) is 0 Å². The maximum absolute atomic E-state index is 10.6. The van der Waals surface area contributed by atoms with E-state index in [1.807, 2.05) is 19.1 Å². The fourth-order valence-electron chi connectivity index (χ4n) is 1.81. The van der Waals surface area contributed by atoms with Crippen LogP contribution in [0.25, 0.3) is 10.6 Å². The minimum Gasteiger partial charge on any atom is -0.481 e. The molecule has 0 radical (unpaired) electrons. The topological polar surface area (TPSA) is 50.2 Å². The zero-order valence-corrected chi connectivity index (χ0v) is 11.3. The molecular weight excluding hydrogens is 246 g/mol. The lowest BCUT2D eigenvalue weighted by Crippen LogP contribution is -1.96. The Morgan fingerprint density at radius 1 is 1.33 bits per heavy atom. The Labute approximate surface area is 110 Å². The second-order valence-electron chi connectivity index (χ2n) is 4.24. The summed E-state index contributed by atoms with van der Waals surface area (Å²) in [7, 11) is 0. The van der Waals surface area contributed by atoms with E-state index in [0.717, 1.165) is 21.1 Å². The first-order valence-electron chi connectivity index (χ1n) is 5.82. The van der Waals surface area contributed by atoms with E-state index >= 15 is 0 Å². The van der Waals surface area contributed by atoms with Crippen LogP contribution in [0.3, 0.4) is 0 Å². The van der Waals surface area contributed by atoms with Gasteiger partial charge in [-0.3, -0.25) is 4.79 Å². The van der Waals surface area contributed by atoms with Gasteiger partial charge in [0.2, 0.25) is 0 Å². The van der Waals surface area contributed by atoms with E-state index in [-0.39, 0.29) is 6.42 Å². The third kappa shape index (κ3) is 2.76. The number of aryl methyl sites for hydroxylation is 3. The van der Waals surface area contributed by atoms with Gasteiger partial charge in [-0.15, -0.1) is 11.3 Å². The molecule has 1 aromatic heterocycles. The molecule has 2 rings (SSSR count). The summed E-state index contributed by atoms with van der Waals surface area (Å²) in [5.74, 6) is -0.764. The first kappa shape index (κ1) is 12.8. The number of nitrogens with zero attached hydrogens (tertiary/aromatic N) is 1. The van der Waals surface area contributed by atoms with Crippen LogP contribution in [-0.2, 0) is 11.2 Å². The number of carboxylic acid groups (broad SMARTS) is 1. The van der Waals surface area contributed by atoms with Gasteiger partial charge in [-0.25, -0.2) is 4.98 Å². The van der Waals surface area contributed by atoms with Crippen molar-refractivity contribution in [3.05, 3.63) is 40.4 Å². The van der Waals surface area contributed by atoms with Crippen molar-refractivity contribution in [2.24, 2.45) is 0 Å². The number of aliphatic carboxylic acids is 1. The Hall–Kier alpha value is -1.68. The first-order valence-corrected chi connectivity index (χ1v) is 6.63. The highest BCUT2D eigenvalue weighted by Gasteiger charge is 2.11. The lowest BCUT2D eigenvalue weighted by Gasteiger charge is -1.99. The number of hydrogen-bond acceptors (Lipinski definition) is 3. The van der Waals surface area contributed by atoms with Gasteiger partial charge < -0.3 is 5.11 Å². The molecule has 0 unspecified atom stereocenters. The van der Waals surface area contributed by atoms with Gasteiger partial charge in [0.05, 0.1) is 12.1 Å². The van der Waals surface area contributed by atoms with Crippen molar-refractivity contribution >= 4 is 17.3 Å². The molecule has 1 aromatic carbocycles. The Morgan fingerprint density at radius 3 is 2.72 bits per heavy atom. The summed E-state index contributed by atoms with van der Waals surface area (Å²) < 4.78 is 0. The highest BCUT2D eigenvalue weighted by atomic mass is 32.1. The van der Waals surface area contributed by atoms with E-state index in [9.17, 15) is 4.79 Å². The zero-order valence-electron chi connectivity index (χ0n) is 10.4. The molecule has 18 heavy (non-hydrogen) atoms. The molecule has 0 amide bonds. The summed E-state index contributed by atoms with van der Waals surface area (Å²) >= 11 is 1.59. The third-order valence-corrected chi connectivity index (χ3v) is 4.08. The van der Waals surface area contributed by atoms with Crippen molar-refractivity contribution in [2.75, 3.05) is 0 Å². The normalized spacial score (nSPS) is 10.6. The van der Waals surface area contributed by atoms with Crippen molar-refractivity contribution in [2.45, 2.75) is 26.7 Å². The molecule has 0 aliphatic carbocycles. The molecule has 3 nitrogen and oxygen atoms in total. The Kier molecular flexibility index (Phi) is 3.77. The summed E-state index contributed by atoms with van der Waals surface area (Å²) in [4.78, 5) is 16.2. The average molecular weight is 261 g/mol. The molecule has 0 aliphatic rings. The zero-order chi connectivity index (χ0) is 13.1. The SMILES string of the molecule is Cc1ccccc1-c1nc(C)c(CCC(=O)O)s1. The van der Waals surface area contributed by atoms with E-state index < -0.39 is 5.97 Å². The van der Waals surface area contributed by atoms with Gasteiger partial charge in [-0.05, 0) is 25.8 Å². The van der Waals surface area contributed by atoms with Gasteiger partial charge in [0.25, 0.3) is 0 Å². The van der Waals surface area contributed by atoms with Crippen LogP contribution in [0.4, 0.5) is 0 Å². The summed E-state index contributed by atoms with van der Waals surface area (Å²) in [6.45, 7) is 4.00. The molecule has 2 aromatic rings. The largest absolute Gasteiger partial charge is 0.481 e. The van der Waals surface area contributed by atoms with Crippen LogP contribution in [0.5, 0.6) is 0 Å². The van der Waals surface area contributed by atoms with E-state index in [1.165, 1.54) is 5.56 Å². The number of aromatic nitrogens is 1. The standard InChI is InChI=1S/C14H15NO2S/c1-9-5-3-4-6-11(9)14-15-10(2)12(18-14)7-8-13(16)17/h3-6H,7-8H2,1-2H3,(H,16,17). The van der Waals surface area contributed by atoms with Gasteiger partial charge >= 0.3 is 5.97 Å². The summed E-state index contributed by atoms with van der Waals surface area (Å²) in [5.41, 5.74) is 3.27. The van der Waals surface area contributed by atoms with Gasteiger partial charge in [0, 0.05) is 10.4 Å². The van der Waals surface area contributed by atoms with Crippen molar-refractivity contribution in [3.63, 3.8) is 0 Å². The number of carbonyl (C=O) groups is 1. The number of benzene rings is 1. The molecule has 0 atom stereocenters. The lowest BCUT2D eigenvalue weighted by atomic mass is 10.1. The number of thiazole rings is 1. The van der Waals surface area contributed by atoms with Gasteiger partial charge in [0.1, 0.15) is 5.01 Å². The predicted molar refractivity (Wildman–Crippen MR) is 73.0 cm³/mol. The molecule has 1 N–H and O–H groups in total. The molecule has 0 fully saturated rings. The minimum atomic E-state index is -0.764. The second kappa shape index (κ2) is 5.31. The van der Waals surface area contributed by atoms with Crippen LogP contribution in [0.15, 0.2) is 24.3 Å². The van der Waals surface area contributed by atoms with Crippen LogP contribution < -0.4 is 0 Å². The monoisotopic (exact) mass is 261 g/mol. The van der Waals surface area contributed by atoms with Crippen molar-refractivity contribution in [3.8, 4) is 10.6 Å². The molecule has 0 saturated carbocycles. The number of rotatable bonds is 4. The summed E-state index contributed by atoms with van der Waals surface area (Å²) in [5, 5.41) is 9.70. The molecule has 0 aliphatic heterocycles. The van der Waals surface area contributed by atoms with E-state index in [0.29, 0.717) is 6.42 Å². The molecule has 0 spiro atoms. The van der Waals surface area contributed by atoms with Gasteiger partial charge in [-0.1, -0.05) is 24.3 Å². The Bertz CT molecular complexity index is 575. The third-order valence-electron chi connectivity index (χ3n) is 2.83. The molecule has 0 saturated heterocycles. The first-order chi connectivity index (χ1) is 8.58. The van der Waals surface area contributed by atoms with Crippen LogP contribution in [0.2, 0.25) is 0 Å². The van der Waals surface area contributed by atoms with Crippen LogP contribution in [0.1, 0.15) is 22.6 Å². The fourth-order valence-corrected chi connectivity index (χ4v) is 2.96. The van der Waals surface area contributed by atoms with Crippen molar-refractivity contribution in [1.82, 2.24) is 4.98 Å². The smallest absolute Gasteiger partial charge is 0.303 e. The number of hydrogen-bond donors (Lipinski definition) is 1. The molecule has 94 valence electrons. The van der Waals surface area contributed by atoms with E-state index in [4.69, 9.17) is 5.11 Å². The second-order valence-corrected chi connectivity index (χ2v) is 5.32. The Morgan fingerprint density at radius 2 is 2.06 bits per heavy atom.